The van der Waals surface area contributed by atoms with Crippen LogP contribution >= 0.6 is 0 Å². The lowest BCUT2D eigenvalue weighted by atomic mass is 10.0. The van der Waals surface area contributed by atoms with E-state index in [2.05, 4.69) is 0 Å². The number of quaternary nitrogens is 1. The Kier molecular flexibility index (Phi) is 13.3. The molecule has 0 aliphatic carbocycles. The molecule has 0 aliphatic heterocycles. The summed E-state index contributed by atoms with van der Waals surface area (Å²) < 4.78 is 26.3. The summed E-state index contributed by atoms with van der Waals surface area (Å²) in [7, 11) is 6.09. The van der Waals surface area contributed by atoms with E-state index in [0.717, 1.165) is 11.3 Å². The maximum atomic E-state index is 12.4. The number of rotatable bonds is 12. The van der Waals surface area contributed by atoms with Crippen molar-refractivity contribution in [3.05, 3.63) is 47.5 Å². The Balaban J connectivity index is 0.00000102. The maximum Gasteiger partial charge on any atom is 0.351 e. The van der Waals surface area contributed by atoms with E-state index < -0.39 is 24.0 Å². The number of methoxy groups -OCH3 is 4. The van der Waals surface area contributed by atoms with Gasteiger partial charge in [-0.25, -0.2) is 9.59 Å². The first kappa shape index (κ1) is 31.0. The minimum absolute atomic E-state index is 0.0424. The topological polar surface area (TPSA) is 177 Å². The molecular weight excluding hydrogens is 490 g/mol. The molecule has 37 heavy (non-hydrogen) atoms. The number of esters is 1. The fourth-order valence-corrected chi connectivity index (χ4v) is 3.14. The molecule has 0 radical (unpaired) electrons. The number of aliphatic hydroxyl groups excluding tert-OH is 1. The predicted molar refractivity (Wildman–Crippen MR) is 128 cm³/mol. The minimum atomic E-state index is -2.07. The zero-order chi connectivity index (χ0) is 28.0. The second-order valence-electron chi connectivity index (χ2n) is 7.60. The molecule has 204 valence electrons. The average molecular weight is 524 g/mol. The van der Waals surface area contributed by atoms with E-state index in [-0.39, 0.29) is 12.6 Å². The lowest BCUT2D eigenvalue weighted by molar-refractivity contribution is -0.694. The van der Waals surface area contributed by atoms with Crippen LogP contribution in [0.3, 0.4) is 0 Å². The molecule has 0 fully saturated rings. The molecule has 12 nitrogen and oxygen atoms in total. The summed E-state index contributed by atoms with van der Waals surface area (Å²) in [5.41, 5.74) is 1.15. The SMILES string of the molecule is COc1ccc(C(O)C(C)[NH2+]CCCOC(=O)c2cc(OC)c(OC)c(OC)c2)cc1.O=C([O-])C(=O)O. The van der Waals surface area contributed by atoms with Crippen molar-refractivity contribution in [1.29, 1.82) is 0 Å². The molecular formula is C25H33NO11. The number of aliphatic hydroxyl groups is 1. The molecule has 0 heterocycles. The van der Waals surface area contributed by atoms with Crippen LogP contribution in [0.5, 0.6) is 23.0 Å². The van der Waals surface area contributed by atoms with Gasteiger partial charge < -0.3 is 49.1 Å². The van der Waals surface area contributed by atoms with Gasteiger partial charge in [0.05, 0.1) is 47.2 Å². The monoisotopic (exact) mass is 523 g/mol. The molecule has 0 saturated carbocycles. The van der Waals surface area contributed by atoms with Gasteiger partial charge in [0.1, 0.15) is 17.9 Å². The number of carbonyl (C=O) groups excluding carboxylic acids is 2. The lowest BCUT2D eigenvalue weighted by Gasteiger charge is -2.18. The summed E-state index contributed by atoms with van der Waals surface area (Å²) >= 11 is 0. The molecule has 2 aromatic rings. The summed E-state index contributed by atoms with van der Waals surface area (Å²) in [6, 6.07) is 10.4. The van der Waals surface area contributed by atoms with Gasteiger partial charge in [0.25, 0.3) is 0 Å². The summed E-state index contributed by atoms with van der Waals surface area (Å²) in [6.45, 7) is 2.92. The number of carbonyl (C=O) groups is 3. The van der Waals surface area contributed by atoms with Crippen LogP contribution in [0.4, 0.5) is 0 Å². The van der Waals surface area contributed by atoms with E-state index in [1.54, 1.807) is 19.2 Å². The standard InChI is InChI=1S/C23H31NO7.C2H2O4/c1-15(21(25)16-7-9-18(27-2)10-8-16)24-11-6-12-31-23(26)17-13-19(28-3)22(30-5)20(14-17)29-4;3-1(4)2(5)6/h7-10,13-15,21,24-25H,6,11-12H2,1-5H3;(H,3,4)(H,5,6). The summed E-state index contributed by atoms with van der Waals surface area (Å²) in [5, 5.41) is 28.8. The van der Waals surface area contributed by atoms with E-state index in [1.807, 2.05) is 36.5 Å². The fourth-order valence-electron chi connectivity index (χ4n) is 3.14. The second-order valence-corrected chi connectivity index (χ2v) is 7.60. The van der Waals surface area contributed by atoms with Crippen LogP contribution in [0.25, 0.3) is 0 Å². The predicted octanol–water partition coefficient (Wildman–Crippen LogP) is -0.226. The molecule has 0 aromatic heterocycles. The molecule has 0 spiro atoms. The molecule has 2 atom stereocenters. The van der Waals surface area contributed by atoms with Crippen LogP contribution in [0.1, 0.15) is 35.4 Å². The summed E-state index contributed by atoms with van der Waals surface area (Å²) in [4.78, 5) is 30.4. The number of hydrogen-bond donors (Lipinski definition) is 3. The third-order valence-corrected chi connectivity index (χ3v) is 5.15. The Morgan fingerprint density at radius 1 is 0.946 bits per heavy atom. The van der Waals surface area contributed by atoms with Crippen LogP contribution in [-0.4, -0.2) is 75.8 Å². The first-order valence-corrected chi connectivity index (χ1v) is 11.2. The van der Waals surface area contributed by atoms with Crippen LogP contribution < -0.4 is 29.4 Å². The molecule has 2 unspecified atom stereocenters. The molecule has 2 aromatic carbocycles. The second kappa shape index (κ2) is 15.9. The largest absolute Gasteiger partial charge is 0.539 e. The number of nitrogens with two attached hydrogens (primary N) is 1. The van der Waals surface area contributed by atoms with Crippen LogP contribution in [0, 0.1) is 0 Å². The number of ether oxygens (including phenoxy) is 5. The third-order valence-electron chi connectivity index (χ3n) is 5.15. The Bertz CT molecular complexity index is 987. The molecule has 0 saturated heterocycles. The molecule has 0 aliphatic rings. The van der Waals surface area contributed by atoms with E-state index in [9.17, 15) is 9.90 Å². The van der Waals surface area contributed by atoms with Crippen molar-refractivity contribution in [3.63, 3.8) is 0 Å². The van der Waals surface area contributed by atoms with E-state index in [4.69, 9.17) is 43.5 Å². The maximum absolute atomic E-state index is 12.4. The Labute approximate surface area is 214 Å². The van der Waals surface area contributed by atoms with Crippen molar-refractivity contribution in [2.24, 2.45) is 0 Å². The Hall–Kier alpha value is -4.03. The highest BCUT2D eigenvalue weighted by Gasteiger charge is 2.20. The van der Waals surface area contributed by atoms with Gasteiger partial charge in [0.15, 0.2) is 17.5 Å². The fraction of sp³-hybridized carbons (Fsp3) is 0.400. The van der Waals surface area contributed by atoms with Gasteiger partial charge in [0.2, 0.25) is 5.75 Å². The van der Waals surface area contributed by atoms with Gasteiger partial charge in [-0.1, -0.05) is 12.1 Å². The third kappa shape index (κ3) is 9.86. The zero-order valence-electron chi connectivity index (χ0n) is 21.4. The zero-order valence-corrected chi connectivity index (χ0v) is 21.4. The van der Waals surface area contributed by atoms with Crippen LogP contribution in [-0.2, 0) is 14.3 Å². The summed E-state index contributed by atoms with van der Waals surface area (Å²) in [6.07, 6.45) is 0.0447. The van der Waals surface area contributed by atoms with Crippen molar-refractivity contribution in [2.75, 3.05) is 41.6 Å². The highest BCUT2D eigenvalue weighted by atomic mass is 16.5. The van der Waals surface area contributed by atoms with Crippen molar-refractivity contribution in [3.8, 4) is 23.0 Å². The van der Waals surface area contributed by atoms with Crippen LogP contribution in [0.2, 0.25) is 0 Å². The van der Waals surface area contributed by atoms with Gasteiger partial charge in [-0.2, -0.15) is 0 Å². The Morgan fingerprint density at radius 2 is 1.49 bits per heavy atom. The first-order chi connectivity index (χ1) is 17.6. The number of carboxylic acids is 2. The molecule has 0 amide bonds. The quantitative estimate of drug-likeness (QED) is 0.190. The van der Waals surface area contributed by atoms with Crippen molar-refractivity contribution < 1.29 is 58.7 Å². The lowest BCUT2D eigenvalue weighted by Crippen LogP contribution is -2.90. The molecule has 4 N–H and O–H groups in total. The number of carboxylic acid groups (broad SMARTS) is 2. The molecule has 12 heteroatoms. The normalized spacial score (nSPS) is 11.7. The van der Waals surface area contributed by atoms with Crippen molar-refractivity contribution in [2.45, 2.75) is 25.5 Å². The van der Waals surface area contributed by atoms with Crippen molar-refractivity contribution >= 4 is 17.9 Å². The van der Waals surface area contributed by atoms with Gasteiger partial charge >= 0.3 is 11.9 Å². The highest BCUT2D eigenvalue weighted by Crippen LogP contribution is 2.38. The molecule has 0 bridgehead atoms. The average Bonchev–Trinajstić information content (AvgIpc) is 2.91. The highest BCUT2D eigenvalue weighted by molar-refractivity contribution is 6.26. The number of benzene rings is 2. The number of hydrogen-bond acceptors (Lipinski definition) is 10. The molecule has 2 rings (SSSR count). The van der Waals surface area contributed by atoms with E-state index >= 15 is 0 Å². The van der Waals surface area contributed by atoms with E-state index in [0.29, 0.717) is 35.8 Å². The van der Waals surface area contributed by atoms with Crippen LogP contribution in [0.15, 0.2) is 36.4 Å². The van der Waals surface area contributed by atoms with Gasteiger partial charge in [-0.15, -0.1) is 0 Å². The first-order valence-electron chi connectivity index (χ1n) is 11.2. The van der Waals surface area contributed by atoms with Gasteiger partial charge in [-0.3, -0.25) is 0 Å². The van der Waals surface area contributed by atoms with Gasteiger partial charge in [0, 0.05) is 6.42 Å². The van der Waals surface area contributed by atoms with E-state index in [1.165, 1.54) is 21.3 Å². The minimum Gasteiger partial charge on any atom is -0.539 e. The van der Waals surface area contributed by atoms with Crippen molar-refractivity contribution in [1.82, 2.24) is 0 Å². The summed E-state index contributed by atoms with van der Waals surface area (Å²) in [5.74, 6) is -2.52. The van der Waals surface area contributed by atoms with Gasteiger partial charge in [-0.05, 0) is 36.8 Å². The Morgan fingerprint density at radius 3 is 1.92 bits per heavy atom. The number of aliphatic carboxylic acids is 2. The smallest absolute Gasteiger partial charge is 0.351 e.